The zero-order valence-corrected chi connectivity index (χ0v) is 17.3. The largest absolute Gasteiger partial charge is 0.337 e. The van der Waals surface area contributed by atoms with Crippen molar-refractivity contribution >= 4 is 45.7 Å². The molecular formula is C21H19Cl2N5. The van der Waals surface area contributed by atoms with Gasteiger partial charge in [0.25, 0.3) is 0 Å². The lowest BCUT2D eigenvalue weighted by Crippen LogP contribution is -2.08. The van der Waals surface area contributed by atoms with E-state index in [0.717, 1.165) is 23.5 Å². The molecule has 2 aromatic heterocycles. The fourth-order valence-electron chi connectivity index (χ4n) is 3.08. The normalized spacial score (nSPS) is 11.2. The van der Waals surface area contributed by atoms with Gasteiger partial charge in [0, 0.05) is 11.4 Å². The molecule has 0 aliphatic heterocycles. The summed E-state index contributed by atoms with van der Waals surface area (Å²) in [7, 11) is 0. The summed E-state index contributed by atoms with van der Waals surface area (Å²) in [5, 5.41) is 8.83. The molecule has 0 spiro atoms. The highest BCUT2D eigenvalue weighted by Gasteiger charge is 2.16. The van der Waals surface area contributed by atoms with Crippen LogP contribution in [0.15, 0.2) is 42.5 Å². The molecule has 2 aromatic carbocycles. The van der Waals surface area contributed by atoms with E-state index in [4.69, 9.17) is 33.2 Å². The molecule has 7 heteroatoms. The number of aryl methyl sites for hydroxylation is 3. The molecule has 0 unspecified atom stereocenters. The van der Waals surface area contributed by atoms with Crippen LogP contribution in [-0.2, 0) is 6.42 Å². The van der Waals surface area contributed by atoms with Crippen LogP contribution >= 0.6 is 23.2 Å². The van der Waals surface area contributed by atoms with Gasteiger partial charge in [-0.15, -0.1) is 0 Å². The molecule has 0 saturated carbocycles. The van der Waals surface area contributed by atoms with Crippen LogP contribution in [0.3, 0.4) is 0 Å². The van der Waals surface area contributed by atoms with Gasteiger partial charge in [-0.05, 0) is 56.2 Å². The van der Waals surface area contributed by atoms with Crippen molar-refractivity contribution in [2.75, 3.05) is 5.32 Å². The molecule has 1 N–H and O–H groups in total. The van der Waals surface area contributed by atoms with E-state index in [0.29, 0.717) is 32.7 Å². The van der Waals surface area contributed by atoms with Gasteiger partial charge in [0.1, 0.15) is 0 Å². The van der Waals surface area contributed by atoms with E-state index in [-0.39, 0.29) is 0 Å². The summed E-state index contributed by atoms with van der Waals surface area (Å²) in [5.41, 5.74) is 5.39. The van der Waals surface area contributed by atoms with Crippen molar-refractivity contribution in [1.29, 1.82) is 0 Å². The van der Waals surface area contributed by atoms with Gasteiger partial charge < -0.3 is 5.32 Å². The summed E-state index contributed by atoms with van der Waals surface area (Å²) >= 11 is 12.4. The Morgan fingerprint density at radius 3 is 2.14 bits per heavy atom. The Labute approximate surface area is 173 Å². The zero-order chi connectivity index (χ0) is 19.8. The second kappa shape index (κ2) is 7.41. The SMILES string of the molecule is CCc1ccc(Nc2nc3cc(Cl)c(Cl)cc3nc2-n2nc(C)cc2C)cc1. The molecule has 0 aliphatic rings. The second-order valence-electron chi connectivity index (χ2n) is 6.67. The van der Waals surface area contributed by atoms with E-state index in [1.807, 2.05) is 32.0 Å². The summed E-state index contributed by atoms with van der Waals surface area (Å²) in [6.45, 7) is 6.07. The fraction of sp³-hybridized carbons (Fsp3) is 0.190. The van der Waals surface area contributed by atoms with Crippen molar-refractivity contribution in [2.24, 2.45) is 0 Å². The predicted octanol–water partition coefficient (Wildman–Crippen LogP) is 6.05. The molecule has 4 aromatic rings. The highest BCUT2D eigenvalue weighted by atomic mass is 35.5. The summed E-state index contributed by atoms with van der Waals surface area (Å²) in [4.78, 5) is 9.55. The first kappa shape index (κ1) is 18.7. The lowest BCUT2D eigenvalue weighted by Gasteiger charge is -2.13. The topological polar surface area (TPSA) is 55.6 Å². The first-order valence-electron chi connectivity index (χ1n) is 9.01. The number of rotatable bonds is 4. The molecule has 5 nitrogen and oxygen atoms in total. The quantitative estimate of drug-likeness (QED) is 0.444. The van der Waals surface area contributed by atoms with Gasteiger partial charge in [-0.25, -0.2) is 14.6 Å². The molecule has 4 rings (SSSR count). The lowest BCUT2D eigenvalue weighted by molar-refractivity contribution is 0.808. The third-order valence-electron chi connectivity index (χ3n) is 4.52. The van der Waals surface area contributed by atoms with Crippen LogP contribution in [-0.4, -0.2) is 19.7 Å². The Morgan fingerprint density at radius 1 is 0.929 bits per heavy atom. The molecule has 0 bridgehead atoms. The van der Waals surface area contributed by atoms with Gasteiger partial charge in [-0.2, -0.15) is 5.10 Å². The van der Waals surface area contributed by atoms with Gasteiger partial charge in [0.15, 0.2) is 11.6 Å². The monoisotopic (exact) mass is 411 g/mol. The number of nitrogens with one attached hydrogen (secondary N) is 1. The maximum Gasteiger partial charge on any atom is 0.197 e. The predicted molar refractivity (Wildman–Crippen MR) is 115 cm³/mol. The molecule has 2 heterocycles. The maximum atomic E-state index is 6.18. The van der Waals surface area contributed by atoms with Crippen LogP contribution in [0, 0.1) is 13.8 Å². The summed E-state index contributed by atoms with van der Waals surface area (Å²) < 4.78 is 1.78. The number of aromatic nitrogens is 4. The molecule has 0 aliphatic carbocycles. The Balaban J connectivity index is 1.89. The number of hydrogen-bond donors (Lipinski definition) is 1. The van der Waals surface area contributed by atoms with Gasteiger partial charge in [0.2, 0.25) is 0 Å². The van der Waals surface area contributed by atoms with Crippen molar-refractivity contribution in [3.05, 3.63) is 69.5 Å². The maximum absolute atomic E-state index is 6.18. The van der Waals surface area contributed by atoms with E-state index in [1.165, 1.54) is 5.56 Å². The van der Waals surface area contributed by atoms with E-state index < -0.39 is 0 Å². The van der Waals surface area contributed by atoms with Crippen LogP contribution in [0.2, 0.25) is 10.0 Å². The summed E-state index contributed by atoms with van der Waals surface area (Å²) in [6, 6.07) is 13.7. The van der Waals surface area contributed by atoms with Crippen LogP contribution in [0.4, 0.5) is 11.5 Å². The van der Waals surface area contributed by atoms with Crippen LogP contribution in [0.25, 0.3) is 16.9 Å². The summed E-state index contributed by atoms with van der Waals surface area (Å²) in [5.74, 6) is 1.21. The Kier molecular flexibility index (Phi) is 4.96. The number of halogens is 2. The smallest absolute Gasteiger partial charge is 0.197 e. The van der Waals surface area contributed by atoms with Crippen molar-refractivity contribution in [2.45, 2.75) is 27.2 Å². The number of hydrogen-bond acceptors (Lipinski definition) is 4. The van der Waals surface area contributed by atoms with Crippen molar-refractivity contribution in [3.8, 4) is 5.82 Å². The van der Waals surface area contributed by atoms with E-state index >= 15 is 0 Å². The average molecular weight is 412 g/mol. The molecule has 0 amide bonds. The van der Waals surface area contributed by atoms with Crippen molar-refractivity contribution < 1.29 is 0 Å². The Morgan fingerprint density at radius 2 is 1.57 bits per heavy atom. The molecule has 0 saturated heterocycles. The minimum atomic E-state index is 0.443. The Bertz CT molecular complexity index is 1170. The van der Waals surface area contributed by atoms with Crippen molar-refractivity contribution in [1.82, 2.24) is 19.7 Å². The highest BCUT2D eigenvalue weighted by molar-refractivity contribution is 6.42. The standard InChI is InChI=1S/C21H19Cl2N5/c1-4-14-5-7-15(8-6-14)24-20-21(28-13(3)9-12(2)27-28)26-19-11-17(23)16(22)10-18(19)25-20/h5-11H,4H2,1-3H3,(H,24,25). The van der Waals surface area contributed by atoms with Gasteiger partial charge in [-0.1, -0.05) is 42.3 Å². The van der Waals surface area contributed by atoms with Crippen LogP contribution in [0.5, 0.6) is 0 Å². The fourth-order valence-corrected chi connectivity index (χ4v) is 3.39. The van der Waals surface area contributed by atoms with Gasteiger partial charge in [-0.3, -0.25) is 0 Å². The van der Waals surface area contributed by atoms with E-state index in [9.17, 15) is 0 Å². The molecule has 28 heavy (non-hydrogen) atoms. The third-order valence-corrected chi connectivity index (χ3v) is 5.25. The number of anilines is 2. The molecular weight excluding hydrogens is 393 g/mol. The first-order valence-corrected chi connectivity index (χ1v) is 9.76. The van der Waals surface area contributed by atoms with Crippen LogP contribution < -0.4 is 5.32 Å². The minimum absolute atomic E-state index is 0.443. The molecule has 0 atom stereocenters. The summed E-state index contributed by atoms with van der Waals surface area (Å²) in [6.07, 6.45) is 0.992. The third kappa shape index (κ3) is 3.55. The number of nitrogens with zero attached hydrogens (tertiary/aromatic N) is 4. The Hall–Kier alpha value is -2.63. The van der Waals surface area contributed by atoms with Crippen molar-refractivity contribution in [3.63, 3.8) is 0 Å². The minimum Gasteiger partial charge on any atom is -0.337 e. The van der Waals surface area contributed by atoms with E-state index in [2.05, 4.69) is 29.5 Å². The number of benzene rings is 2. The number of fused-ring (bicyclic) bond motifs is 1. The molecule has 142 valence electrons. The molecule has 0 fully saturated rings. The van der Waals surface area contributed by atoms with Gasteiger partial charge in [0.05, 0.1) is 26.8 Å². The van der Waals surface area contributed by atoms with E-state index in [1.54, 1.807) is 16.8 Å². The average Bonchev–Trinajstić information content (AvgIpc) is 3.01. The van der Waals surface area contributed by atoms with Crippen LogP contribution in [0.1, 0.15) is 23.9 Å². The first-order chi connectivity index (χ1) is 13.4. The lowest BCUT2D eigenvalue weighted by atomic mass is 10.1. The highest BCUT2D eigenvalue weighted by Crippen LogP contribution is 2.30. The van der Waals surface area contributed by atoms with Gasteiger partial charge >= 0.3 is 0 Å². The zero-order valence-electron chi connectivity index (χ0n) is 15.8. The second-order valence-corrected chi connectivity index (χ2v) is 7.48. The molecule has 0 radical (unpaired) electrons.